The van der Waals surface area contributed by atoms with Crippen LogP contribution in [0, 0.1) is 5.82 Å². The zero-order chi connectivity index (χ0) is 18.0. The molecule has 0 spiro atoms. The van der Waals surface area contributed by atoms with Crippen molar-refractivity contribution in [2.75, 3.05) is 13.1 Å². The molecule has 0 atom stereocenters. The Morgan fingerprint density at radius 2 is 1.71 bits per heavy atom. The molecule has 1 aromatic carbocycles. The number of benzene rings is 1. The van der Waals surface area contributed by atoms with Gasteiger partial charge in [-0.25, -0.2) is 4.39 Å². The molecule has 0 bridgehead atoms. The van der Waals surface area contributed by atoms with Crippen LogP contribution in [0.2, 0.25) is 0 Å². The summed E-state index contributed by atoms with van der Waals surface area (Å²) in [5, 5.41) is 11.9. The number of carbonyl (C=O) groups is 2. The van der Waals surface area contributed by atoms with Crippen LogP contribution < -0.4 is 5.32 Å². The largest absolute Gasteiger partial charge is 0.417 e. The van der Waals surface area contributed by atoms with Crippen LogP contribution in [0.1, 0.15) is 18.4 Å². The standard InChI is InChI=1S/C15H16F4N2O3/c16-11-3-1-10(2-4-11)9-20-12(22)13(23)21-7-5-14(24,6-8-21)15(17,18)19/h1-4,24H,5-9H2,(H,20,22). The Balaban J connectivity index is 1.86. The van der Waals surface area contributed by atoms with E-state index in [1.807, 2.05) is 0 Å². The molecule has 0 radical (unpaired) electrons. The first-order chi connectivity index (χ1) is 11.1. The lowest BCUT2D eigenvalue weighted by molar-refractivity contribution is -0.272. The van der Waals surface area contributed by atoms with Gasteiger partial charge in [-0.3, -0.25) is 9.59 Å². The summed E-state index contributed by atoms with van der Waals surface area (Å²) in [6.07, 6.45) is -6.12. The van der Waals surface area contributed by atoms with Gasteiger partial charge in [0.2, 0.25) is 0 Å². The molecule has 1 heterocycles. The molecule has 1 aliphatic rings. The van der Waals surface area contributed by atoms with Gasteiger partial charge in [0.25, 0.3) is 0 Å². The van der Waals surface area contributed by atoms with Crippen molar-refractivity contribution in [3.63, 3.8) is 0 Å². The molecule has 0 unspecified atom stereocenters. The maximum absolute atomic E-state index is 12.8. The van der Waals surface area contributed by atoms with Gasteiger partial charge >= 0.3 is 18.0 Å². The Morgan fingerprint density at radius 3 is 2.21 bits per heavy atom. The van der Waals surface area contributed by atoms with E-state index in [-0.39, 0.29) is 19.6 Å². The van der Waals surface area contributed by atoms with Gasteiger partial charge < -0.3 is 15.3 Å². The molecule has 2 N–H and O–H groups in total. The third-order valence-electron chi connectivity index (χ3n) is 3.97. The molecule has 24 heavy (non-hydrogen) atoms. The smallest absolute Gasteiger partial charge is 0.380 e. The molecule has 132 valence electrons. The van der Waals surface area contributed by atoms with E-state index in [2.05, 4.69) is 5.32 Å². The van der Waals surface area contributed by atoms with Crippen molar-refractivity contribution in [2.24, 2.45) is 0 Å². The highest BCUT2D eigenvalue weighted by Crippen LogP contribution is 2.38. The normalized spacial score (nSPS) is 17.5. The van der Waals surface area contributed by atoms with Gasteiger partial charge in [-0.05, 0) is 17.7 Å². The minimum Gasteiger partial charge on any atom is -0.380 e. The Morgan fingerprint density at radius 1 is 1.17 bits per heavy atom. The molecule has 1 saturated heterocycles. The predicted octanol–water partition coefficient (Wildman–Crippen LogP) is 1.36. The minimum atomic E-state index is -4.77. The molecular weight excluding hydrogens is 332 g/mol. The number of hydrogen-bond acceptors (Lipinski definition) is 3. The van der Waals surface area contributed by atoms with Gasteiger partial charge in [-0.1, -0.05) is 12.1 Å². The Hall–Kier alpha value is -2.16. The van der Waals surface area contributed by atoms with Crippen LogP contribution in [-0.4, -0.2) is 46.7 Å². The quantitative estimate of drug-likeness (QED) is 0.626. The Kier molecular flexibility index (Phi) is 5.12. The van der Waals surface area contributed by atoms with E-state index < -0.39 is 42.3 Å². The van der Waals surface area contributed by atoms with Gasteiger partial charge in [0.1, 0.15) is 5.82 Å². The molecule has 2 amide bonds. The molecule has 1 fully saturated rings. The van der Waals surface area contributed by atoms with E-state index in [0.717, 1.165) is 4.90 Å². The number of piperidine rings is 1. The van der Waals surface area contributed by atoms with Crippen molar-refractivity contribution in [2.45, 2.75) is 31.2 Å². The lowest BCUT2D eigenvalue weighted by atomic mass is 9.91. The van der Waals surface area contributed by atoms with Crippen molar-refractivity contribution >= 4 is 11.8 Å². The van der Waals surface area contributed by atoms with Crippen molar-refractivity contribution in [1.82, 2.24) is 10.2 Å². The van der Waals surface area contributed by atoms with Crippen LogP contribution in [-0.2, 0) is 16.1 Å². The fourth-order valence-electron chi connectivity index (χ4n) is 2.37. The first-order valence-electron chi connectivity index (χ1n) is 7.23. The van der Waals surface area contributed by atoms with Crippen molar-refractivity contribution in [3.8, 4) is 0 Å². The SMILES string of the molecule is O=C(NCc1ccc(F)cc1)C(=O)N1CCC(O)(C(F)(F)F)CC1. The van der Waals surface area contributed by atoms with Gasteiger partial charge in [-0.2, -0.15) is 13.2 Å². The number of alkyl halides is 3. The van der Waals surface area contributed by atoms with Crippen LogP contribution in [0.25, 0.3) is 0 Å². The second kappa shape index (κ2) is 6.76. The van der Waals surface area contributed by atoms with Crippen molar-refractivity contribution < 1.29 is 32.3 Å². The summed E-state index contributed by atoms with van der Waals surface area (Å²) in [4.78, 5) is 24.7. The molecule has 9 heteroatoms. The van der Waals surface area contributed by atoms with E-state index in [1.54, 1.807) is 0 Å². The lowest BCUT2D eigenvalue weighted by Crippen LogP contribution is -2.56. The summed E-state index contributed by atoms with van der Waals surface area (Å²) in [5.74, 6) is -2.36. The number of amides is 2. The van der Waals surface area contributed by atoms with E-state index in [4.69, 9.17) is 0 Å². The van der Waals surface area contributed by atoms with Crippen LogP contribution in [0.5, 0.6) is 0 Å². The summed E-state index contributed by atoms with van der Waals surface area (Å²) in [6, 6.07) is 5.27. The summed E-state index contributed by atoms with van der Waals surface area (Å²) >= 11 is 0. The summed E-state index contributed by atoms with van der Waals surface area (Å²) < 4.78 is 50.8. The molecule has 0 saturated carbocycles. The number of carbonyl (C=O) groups excluding carboxylic acids is 2. The van der Waals surface area contributed by atoms with Crippen LogP contribution in [0.4, 0.5) is 17.6 Å². The molecule has 2 rings (SSSR count). The zero-order valence-corrected chi connectivity index (χ0v) is 12.6. The fraction of sp³-hybridized carbons (Fsp3) is 0.467. The number of hydrogen-bond donors (Lipinski definition) is 2. The summed E-state index contributed by atoms with van der Waals surface area (Å²) in [5.41, 5.74) is -2.25. The first-order valence-corrected chi connectivity index (χ1v) is 7.23. The molecular formula is C15H16F4N2O3. The van der Waals surface area contributed by atoms with E-state index in [0.29, 0.717) is 5.56 Å². The number of nitrogens with one attached hydrogen (secondary N) is 1. The van der Waals surface area contributed by atoms with Gasteiger partial charge in [0, 0.05) is 32.5 Å². The number of nitrogens with zero attached hydrogens (tertiary/aromatic N) is 1. The number of rotatable bonds is 2. The maximum atomic E-state index is 12.8. The maximum Gasteiger partial charge on any atom is 0.417 e. The van der Waals surface area contributed by atoms with Gasteiger partial charge in [0.15, 0.2) is 5.60 Å². The van der Waals surface area contributed by atoms with Crippen LogP contribution in [0.15, 0.2) is 24.3 Å². The predicted molar refractivity (Wildman–Crippen MR) is 75.1 cm³/mol. The zero-order valence-electron chi connectivity index (χ0n) is 12.6. The monoisotopic (exact) mass is 348 g/mol. The fourth-order valence-corrected chi connectivity index (χ4v) is 2.37. The van der Waals surface area contributed by atoms with Gasteiger partial charge in [0.05, 0.1) is 0 Å². The Bertz CT molecular complexity index is 608. The van der Waals surface area contributed by atoms with Crippen LogP contribution in [0.3, 0.4) is 0 Å². The highest BCUT2D eigenvalue weighted by atomic mass is 19.4. The molecule has 1 aromatic rings. The highest BCUT2D eigenvalue weighted by molar-refractivity contribution is 6.34. The molecule has 1 aliphatic heterocycles. The lowest BCUT2D eigenvalue weighted by Gasteiger charge is -2.38. The van der Waals surface area contributed by atoms with Gasteiger partial charge in [-0.15, -0.1) is 0 Å². The second-order valence-electron chi connectivity index (χ2n) is 5.63. The third kappa shape index (κ3) is 4.02. The highest BCUT2D eigenvalue weighted by Gasteiger charge is 2.55. The average molecular weight is 348 g/mol. The molecule has 0 aliphatic carbocycles. The summed E-state index contributed by atoms with van der Waals surface area (Å²) in [6.45, 7) is -0.733. The first kappa shape index (κ1) is 18.2. The summed E-state index contributed by atoms with van der Waals surface area (Å²) in [7, 11) is 0. The Labute approximate surface area is 135 Å². The topological polar surface area (TPSA) is 69.6 Å². The van der Waals surface area contributed by atoms with Crippen molar-refractivity contribution in [3.05, 3.63) is 35.6 Å². The van der Waals surface area contributed by atoms with E-state index >= 15 is 0 Å². The second-order valence-corrected chi connectivity index (χ2v) is 5.63. The number of likely N-dealkylation sites (tertiary alicyclic amines) is 1. The third-order valence-corrected chi connectivity index (χ3v) is 3.97. The number of aliphatic hydroxyl groups is 1. The van der Waals surface area contributed by atoms with Crippen molar-refractivity contribution in [1.29, 1.82) is 0 Å². The van der Waals surface area contributed by atoms with E-state index in [9.17, 15) is 32.3 Å². The molecule has 5 nitrogen and oxygen atoms in total. The van der Waals surface area contributed by atoms with E-state index in [1.165, 1.54) is 24.3 Å². The van der Waals surface area contributed by atoms with Crippen LogP contribution >= 0.6 is 0 Å². The average Bonchev–Trinajstić information content (AvgIpc) is 2.53. The minimum absolute atomic E-state index is 0.00875. The molecule has 0 aromatic heterocycles. The number of halogens is 4.